The molecule has 17 heavy (non-hydrogen) atoms. The van der Waals surface area contributed by atoms with Gasteiger partial charge in [-0.1, -0.05) is 18.9 Å². The van der Waals surface area contributed by atoms with Crippen LogP contribution < -0.4 is 5.32 Å². The van der Waals surface area contributed by atoms with Gasteiger partial charge >= 0.3 is 0 Å². The van der Waals surface area contributed by atoms with Crippen LogP contribution in [0.25, 0.3) is 0 Å². The van der Waals surface area contributed by atoms with Gasteiger partial charge in [0.05, 0.1) is 12.5 Å². The van der Waals surface area contributed by atoms with Gasteiger partial charge in [0.1, 0.15) is 0 Å². The highest BCUT2D eigenvalue weighted by Crippen LogP contribution is 2.27. The SMILES string of the molecule is O=C(Cc1cccs1)NCC(O)C1CCCC1. The Kier molecular flexibility index (Phi) is 4.57. The molecular formula is C13H19NO2S. The Morgan fingerprint density at radius 1 is 1.53 bits per heavy atom. The minimum atomic E-state index is -0.371. The summed E-state index contributed by atoms with van der Waals surface area (Å²) in [4.78, 5) is 12.7. The molecule has 1 heterocycles. The van der Waals surface area contributed by atoms with Gasteiger partial charge < -0.3 is 10.4 Å². The zero-order valence-corrected chi connectivity index (χ0v) is 10.7. The Hall–Kier alpha value is -0.870. The minimum Gasteiger partial charge on any atom is -0.391 e. The number of nitrogens with one attached hydrogen (secondary N) is 1. The summed E-state index contributed by atoms with van der Waals surface area (Å²) in [5.41, 5.74) is 0. The molecule has 0 aromatic carbocycles. The highest BCUT2D eigenvalue weighted by Gasteiger charge is 2.23. The summed E-state index contributed by atoms with van der Waals surface area (Å²) in [7, 11) is 0. The second kappa shape index (κ2) is 6.17. The van der Waals surface area contributed by atoms with E-state index in [0.29, 0.717) is 18.9 Å². The van der Waals surface area contributed by atoms with Crippen molar-refractivity contribution in [1.29, 1.82) is 0 Å². The Morgan fingerprint density at radius 2 is 2.29 bits per heavy atom. The maximum atomic E-state index is 11.6. The number of rotatable bonds is 5. The Bertz CT molecular complexity index is 344. The average molecular weight is 253 g/mol. The third kappa shape index (κ3) is 3.82. The third-order valence-corrected chi connectivity index (χ3v) is 4.24. The summed E-state index contributed by atoms with van der Waals surface area (Å²) < 4.78 is 0. The lowest BCUT2D eigenvalue weighted by Crippen LogP contribution is -2.36. The van der Waals surface area contributed by atoms with Crippen molar-refractivity contribution in [3.8, 4) is 0 Å². The van der Waals surface area contributed by atoms with Gasteiger partial charge in [0.2, 0.25) is 5.91 Å². The maximum absolute atomic E-state index is 11.6. The van der Waals surface area contributed by atoms with Crippen molar-refractivity contribution in [2.45, 2.75) is 38.2 Å². The zero-order chi connectivity index (χ0) is 12.1. The first kappa shape index (κ1) is 12.6. The minimum absolute atomic E-state index is 0.00416. The van der Waals surface area contributed by atoms with E-state index in [4.69, 9.17) is 0 Å². The Labute approximate surface area is 106 Å². The topological polar surface area (TPSA) is 49.3 Å². The normalized spacial score (nSPS) is 18.2. The van der Waals surface area contributed by atoms with E-state index in [1.807, 2.05) is 17.5 Å². The summed E-state index contributed by atoms with van der Waals surface area (Å²) in [6.07, 6.45) is 4.68. The van der Waals surface area contributed by atoms with Gasteiger partial charge in [-0.25, -0.2) is 0 Å². The van der Waals surface area contributed by atoms with Gasteiger partial charge in [-0.2, -0.15) is 0 Å². The van der Waals surface area contributed by atoms with E-state index in [-0.39, 0.29) is 12.0 Å². The largest absolute Gasteiger partial charge is 0.391 e. The summed E-state index contributed by atoms with van der Waals surface area (Å²) >= 11 is 1.59. The van der Waals surface area contributed by atoms with Crippen LogP contribution >= 0.6 is 11.3 Å². The number of hydrogen-bond donors (Lipinski definition) is 2. The molecule has 1 aliphatic carbocycles. The number of aliphatic hydroxyl groups is 1. The molecule has 4 heteroatoms. The van der Waals surface area contributed by atoms with Crippen LogP contribution in [0.4, 0.5) is 0 Å². The van der Waals surface area contributed by atoms with Crippen molar-refractivity contribution >= 4 is 17.2 Å². The predicted molar refractivity (Wildman–Crippen MR) is 69.0 cm³/mol. The van der Waals surface area contributed by atoms with Gasteiger partial charge in [0.15, 0.2) is 0 Å². The van der Waals surface area contributed by atoms with E-state index >= 15 is 0 Å². The van der Waals surface area contributed by atoms with Crippen LogP contribution in [0, 0.1) is 5.92 Å². The first-order valence-corrected chi connectivity index (χ1v) is 7.11. The first-order chi connectivity index (χ1) is 8.25. The van der Waals surface area contributed by atoms with E-state index in [1.165, 1.54) is 12.8 Å². The fourth-order valence-electron chi connectivity index (χ4n) is 2.36. The number of amides is 1. The van der Waals surface area contributed by atoms with Gasteiger partial charge in [-0.05, 0) is 30.2 Å². The van der Waals surface area contributed by atoms with Crippen LogP contribution in [0.5, 0.6) is 0 Å². The highest BCUT2D eigenvalue weighted by molar-refractivity contribution is 7.10. The molecule has 0 bridgehead atoms. The standard InChI is InChI=1S/C13H19NO2S/c15-12(10-4-1-2-5-10)9-14-13(16)8-11-6-3-7-17-11/h3,6-7,10,12,15H,1-2,4-5,8-9H2,(H,14,16). The fraction of sp³-hybridized carbons (Fsp3) is 0.615. The molecule has 94 valence electrons. The molecule has 1 aromatic rings. The molecule has 1 aliphatic rings. The van der Waals surface area contributed by atoms with Crippen LogP contribution in [-0.2, 0) is 11.2 Å². The van der Waals surface area contributed by atoms with Crippen LogP contribution in [0.3, 0.4) is 0 Å². The predicted octanol–water partition coefficient (Wildman–Crippen LogP) is 1.96. The number of carbonyl (C=O) groups is 1. The smallest absolute Gasteiger partial charge is 0.225 e. The fourth-order valence-corrected chi connectivity index (χ4v) is 3.06. The van der Waals surface area contributed by atoms with Gasteiger partial charge in [0, 0.05) is 11.4 Å². The molecule has 3 nitrogen and oxygen atoms in total. The van der Waals surface area contributed by atoms with Crippen LogP contribution in [0.2, 0.25) is 0 Å². The Balaban J connectivity index is 1.68. The van der Waals surface area contributed by atoms with Crippen LogP contribution in [0.15, 0.2) is 17.5 Å². The van der Waals surface area contributed by atoms with E-state index in [0.717, 1.165) is 17.7 Å². The molecule has 1 amide bonds. The summed E-state index contributed by atoms with van der Waals surface area (Å²) in [5, 5.41) is 14.7. The van der Waals surface area contributed by atoms with E-state index in [9.17, 15) is 9.90 Å². The van der Waals surface area contributed by atoms with Crippen molar-refractivity contribution < 1.29 is 9.90 Å². The molecule has 1 fully saturated rings. The second-order valence-electron chi connectivity index (χ2n) is 4.67. The van der Waals surface area contributed by atoms with E-state index in [1.54, 1.807) is 11.3 Å². The molecular weight excluding hydrogens is 234 g/mol. The second-order valence-corrected chi connectivity index (χ2v) is 5.70. The maximum Gasteiger partial charge on any atom is 0.225 e. The van der Waals surface area contributed by atoms with Crippen LogP contribution in [0.1, 0.15) is 30.6 Å². The molecule has 1 aromatic heterocycles. The molecule has 1 saturated carbocycles. The molecule has 1 atom stereocenters. The van der Waals surface area contributed by atoms with Crippen LogP contribution in [-0.4, -0.2) is 23.7 Å². The lowest BCUT2D eigenvalue weighted by molar-refractivity contribution is -0.121. The number of carbonyl (C=O) groups excluding carboxylic acids is 1. The molecule has 0 saturated heterocycles. The molecule has 2 rings (SSSR count). The van der Waals surface area contributed by atoms with Gasteiger partial charge in [-0.3, -0.25) is 4.79 Å². The lowest BCUT2D eigenvalue weighted by Gasteiger charge is -2.17. The monoisotopic (exact) mass is 253 g/mol. The average Bonchev–Trinajstić information content (AvgIpc) is 2.97. The van der Waals surface area contributed by atoms with Crippen molar-refractivity contribution in [1.82, 2.24) is 5.32 Å². The van der Waals surface area contributed by atoms with Gasteiger partial charge in [0.25, 0.3) is 0 Å². The summed E-state index contributed by atoms with van der Waals surface area (Å²) in [5.74, 6) is 0.390. The number of aliphatic hydroxyl groups excluding tert-OH is 1. The Morgan fingerprint density at radius 3 is 2.94 bits per heavy atom. The molecule has 0 aliphatic heterocycles. The molecule has 0 spiro atoms. The van der Waals surface area contributed by atoms with Crippen molar-refractivity contribution in [3.63, 3.8) is 0 Å². The number of thiophene rings is 1. The first-order valence-electron chi connectivity index (χ1n) is 6.23. The number of hydrogen-bond acceptors (Lipinski definition) is 3. The third-order valence-electron chi connectivity index (χ3n) is 3.37. The molecule has 0 radical (unpaired) electrons. The highest BCUT2D eigenvalue weighted by atomic mass is 32.1. The van der Waals surface area contributed by atoms with E-state index in [2.05, 4.69) is 5.32 Å². The van der Waals surface area contributed by atoms with Gasteiger partial charge in [-0.15, -0.1) is 11.3 Å². The molecule has 2 N–H and O–H groups in total. The summed E-state index contributed by atoms with van der Waals surface area (Å²) in [6.45, 7) is 0.398. The van der Waals surface area contributed by atoms with Crippen molar-refractivity contribution in [2.75, 3.05) is 6.54 Å². The quantitative estimate of drug-likeness (QED) is 0.842. The summed E-state index contributed by atoms with van der Waals surface area (Å²) in [6, 6.07) is 3.90. The lowest BCUT2D eigenvalue weighted by atomic mass is 10.0. The zero-order valence-electron chi connectivity index (χ0n) is 9.89. The van der Waals surface area contributed by atoms with E-state index < -0.39 is 0 Å². The van der Waals surface area contributed by atoms with Crippen molar-refractivity contribution in [2.24, 2.45) is 5.92 Å². The molecule has 1 unspecified atom stereocenters. The van der Waals surface area contributed by atoms with Crippen molar-refractivity contribution in [3.05, 3.63) is 22.4 Å².